The molecule has 0 aliphatic rings. The molecule has 7 heteroatoms. The summed E-state index contributed by atoms with van der Waals surface area (Å²) in [5.74, 6) is 0. The molecule has 0 bridgehead atoms. The van der Waals surface area contributed by atoms with E-state index in [1.807, 2.05) is 0 Å². The first-order chi connectivity index (χ1) is 10.2. The van der Waals surface area contributed by atoms with Crippen LogP contribution < -0.4 is 0 Å². The van der Waals surface area contributed by atoms with E-state index in [1.165, 1.54) is 19.3 Å². The van der Waals surface area contributed by atoms with Crippen LogP contribution in [0.4, 0.5) is 13.2 Å². The zero-order valence-corrected chi connectivity index (χ0v) is 14.2. The minimum Gasteiger partial charge on any atom is -0.266 e. The number of allylic oxidation sites excluding steroid dienone is 1. The summed E-state index contributed by atoms with van der Waals surface area (Å²) < 4.78 is 64.2. The molecule has 3 nitrogen and oxygen atoms in total. The molecule has 0 N–H and O–H groups in total. The number of alkyl halides is 3. The topological polar surface area (TPSA) is 43.4 Å². The molecule has 132 valence electrons. The predicted molar refractivity (Wildman–Crippen MR) is 82.2 cm³/mol. The standard InChI is InChI=1S/C15H27F3O3S/c1-3-4-5-6-7-8-9-10-11-14(15(16,17)18)12-13-21-22(2,19)20/h12H,3-11,13H2,1-2H3/b14-12+. The largest absolute Gasteiger partial charge is 0.412 e. The maximum atomic E-state index is 12.8. The number of hydrogen-bond acceptors (Lipinski definition) is 3. The fourth-order valence-corrected chi connectivity index (χ4v) is 2.38. The molecule has 0 saturated carbocycles. The monoisotopic (exact) mass is 344 g/mol. The lowest BCUT2D eigenvalue weighted by molar-refractivity contribution is -0.0946. The quantitative estimate of drug-likeness (QED) is 0.285. The molecule has 0 aliphatic heterocycles. The van der Waals surface area contributed by atoms with Crippen molar-refractivity contribution in [1.82, 2.24) is 0 Å². The van der Waals surface area contributed by atoms with Crippen LogP contribution in [-0.2, 0) is 14.3 Å². The molecule has 0 saturated heterocycles. The first-order valence-electron chi connectivity index (χ1n) is 7.77. The molecule has 0 rings (SSSR count). The van der Waals surface area contributed by atoms with E-state index < -0.39 is 28.5 Å². The van der Waals surface area contributed by atoms with Crippen molar-refractivity contribution in [3.8, 4) is 0 Å². The number of halogens is 3. The third kappa shape index (κ3) is 13.1. The Kier molecular flexibility index (Phi) is 10.8. The molecule has 0 aliphatic carbocycles. The van der Waals surface area contributed by atoms with Crippen molar-refractivity contribution >= 4 is 10.1 Å². The Labute approximate surface area is 132 Å². The van der Waals surface area contributed by atoms with Crippen LogP contribution in [0, 0.1) is 0 Å². The van der Waals surface area contributed by atoms with Gasteiger partial charge in [-0.3, -0.25) is 4.18 Å². The van der Waals surface area contributed by atoms with Crippen molar-refractivity contribution in [2.75, 3.05) is 12.9 Å². The summed E-state index contributed by atoms with van der Waals surface area (Å²) in [6, 6.07) is 0. The number of unbranched alkanes of at least 4 members (excludes halogenated alkanes) is 7. The van der Waals surface area contributed by atoms with Gasteiger partial charge in [-0.2, -0.15) is 21.6 Å². The van der Waals surface area contributed by atoms with Crippen molar-refractivity contribution in [2.24, 2.45) is 0 Å². The van der Waals surface area contributed by atoms with Crippen LogP contribution in [0.25, 0.3) is 0 Å². The second-order valence-corrected chi connectivity index (χ2v) is 7.08. The molecular weight excluding hydrogens is 317 g/mol. The highest BCUT2D eigenvalue weighted by Gasteiger charge is 2.32. The van der Waals surface area contributed by atoms with Gasteiger partial charge < -0.3 is 0 Å². The normalized spacial score (nSPS) is 13.6. The molecule has 0 aromatic carbocycles. The lowest BCUT2D eigenvalue weighted by Crippen LogP contribution is -2.13. The minimum atomic E-state index is -4.43. The van der Waals surface area contributed by atoms with E-state index in [9.17, 15) is 21.6 Å². The summed E-state index contributed by atoms with van der Waals surface area (Å²) in [5, 5.41) is 0. The van der Waals surface area contributed by atoms with E-state index in [0.717, 1.165) is 38.0 Å². The molecule has 0 radical (unpaired) electrons. The van der Waals surface area contributed by atoms with Crippen LogP contribution in [0.5, 0.6) is 0 Å². The highest BCUT2D eigenvalue weighted by Crippen LogP contribution is 2.29. The van der Waals surface area contributed by atoms with Crippen LogP contribution in [0.3, 0.4) is 0 Å². The van der Waals surface area contributed by atoms with Gasteiger partial charge in [-0.15, -0.1) is 0 Å². The van der Waals surface area contributed by atoms with Crippen LogP contribution in [0.2, 0.25) is 0 Å². The second kappa shape index (κ2) is 11.0. The van der Waals surface area contributed by atoms with Crippen molar-refractivity contribution in [1.29, 1.82) is 0 Å². The summed E-state index contributed by atoms with van der Waals surface area (Å²) in [5.41, 5.74) is -0.706. The van der Waals surface area contributed by atoms with E-state index in [1.54, 1.807) is 0 Å². The van der Waals surface area contributed by atoms with Gasteiger partial charge in [-0.25, -0.2) is 0 Å². The predicted octanol–water partition coefficient (Wildman–Crippen LogP) is 4.98. The van der Waals surface area contributed by atoms with Gasteiger partial charge in [0.2, 0.25) is 0 Å². The molecule has 0 aromatic rings. The van der Waals surface area contributed by atoms with E-state index in [-0.39, 0.29) is 6.42 Å². The van der Waals surface area contributed by atoms with Crippen LogP contribution in [0.15, 0.2) is 11.6 Å². The Morgan fingerprint density at radius 3 is 1.95 bits per heavy atom. The summed E-state index contributed by atoms with van der Waals surface area (Å²) in [4.78, 5) is 0. The average molecular weight is 344 g/mol. The molecule has 22 heavy (non-hydrogen) atoms. The van der Waals surface area contributed by atoms with Crippen LogP contribution in [-0.4, -0.2) is 27.5 Å². The Morgan fingerprint density at radius 2 is 1.50 bits per heavy atom. The summed E-state index contributed by atoms with van der Waals surface area (Å²) in [6.07, 6.45) is 5.03. The number of rotatable bonds is 12. The van der Waals surface area contributed by atoms with Crippen LogP contribution in [0.1, 0.15) is 64.7 Å². The molecule has 0 atom stereocenters. The Morgan fingerprint density at radius 1 is 1.00 bits per heavy atom. The van der Waals surface area contributed by atoms with Crippen molar-refractivity contribution < 1.29 is 25.8 Å². The van der Waals surface area contributed by atoms with Gasteiger partial charge >= 0.3 is 6.18 Å². The molecule has 0 amide bonds. The maximum absolute atomic E-state index is 12.8. The zero-order valence-electron chi connectivity index (χ0n) is 13.4. The molecule has 0 spiro atoms. The van der Waals surface area contributed by atoms with Crippen molar-refractivity contribution in [2.45, 2.75) is 70.9 Å². The third-order valence-electron chi connectivity index (χ3n) is 3.28. The van der Waals surface area contributed by atoms with Crippen molar-refractivity contribution in [3.05, 3.63) is 11.6 Å². The van der Waals surface area contributed by atoms with Gasteiger partial charge in [0.05, 0.1) is 12.9 Å². The second-order valence-electron chi connectivity index (χ2n) is 5.44. The Bertz CT molecular complexity index is 414. The molecule has 0 fully saturated rings. The highest BCUT2D eigenvalue weighted by atomic mass is 32.2. The average Bonchev–Trinajstić information content (AvgIpc) is 2.37. The Balaban J connectivity index is 4.04. The van der Waals surface area contributed by atoms with Gasteiger partial charge in [0, 0.05) is 5.57 Å². The lowest BCUT2D eigenvalue weighted by Gasteiger charge is -2.12. The van der Waals surface area contributed by atoms with E-state index in [2.05, 4.69) is 11.1 Å². The SMILES string of the molecule is CCCCCCCCCC/C(=C\COS(C)(=O)=O)C(F)(F)F. The van der Waals surface area contributed by atoms with Gasteiger partial charge in [0.15, 0.2) is 0 Å². The van der Waals surface area contributed by atoms with Crippen LogP contribution >= 0.6 is 0 Å². The molecule has 0 unspecified atom stereocenters. The van der Waals surface area contributed by atoms with Gasteiger partial charge in [-0.05, 0) is 18.9 Å². The van der Waals surface area contributed by atoms with Crippen molar-refractivity contribution in [3.63, 3.8) is 0 Å². The molecule has 0 aromatic heterocycles. The smallest absolute Gasteiger partial charge is 0.266 e. The number of hydrogen-bond donors (Lipinski definition) is 0. The minimum absolute atomic E-state index is 0.0917. The van der Waals surface area contributed by atoms with Gasteiger partial charge in [0.25, 0.3) is 10.1 Å². The lowest BCUT2D eigenvalue weighted by atomic mass is 10.0. The zero-order chi connectivity index (χ0) is 17.1. The van der Waals surface area contributed by atoms with E-state index >= 15 is 0 Å². The Hall–Kier alpha value is -0.560. The fraction of sp³-hybridized carbons (Fsp3) is 0.867. The van der Waals surface area contributed by atoms with Gasteiger partial charge in [-0.1, -0.05) is 51.9 Å². The summed E-state index contributed by atoms with van der Waals surface area (Å²) in [7, 11) is -3.72. The first-order valence-corrected chi connectivity index (χ1v) is 9.59. The summed E-state index contributed by atoms with van der Waals surface area (Å²) in [6.45, 7) is 1.57. The summed E-state index contributed by atoms with van der Waals surface area (Å²) >= 11 is 0. The fourth-order valence-electron chi connectivity index (χ4n) is 2.07. The van der Waals surface area contributed by atoms with E-state index in [4.69, 9.17) is 0 Å². The van der Waals surface area contributed by atoms with Gasteiger partial charge in [0.1, 0.15) is 0 Å². The third-order valence-corrected chi connectivity index (χ3v) is 3.84. The first kappa shape index (κ1) is 21.4. The highest BCUT2D eigenvalue weighted by molar-refractivity contribution is 7.85. The molecular formula is C15H27F3O3S. The maximum Gasteiger partial charge on any atom is 0.412 e. The molecule has 0 heterocycles. The van der Waals surface area contributed by atoms with E-state index in [0.29, 0.717) is 6.42 Å².